The van der Waals surface area contributed by atoms with E-state index in [-0.39, 0.29) is 12.3 Å². The lowest BCUT2D eigenvalue weighted by molar-refractivity contribution is 0.210. The largest absolute Gasteiger partial charge is 0.478 e. The summed E-state index contributed by atoms with van der Waals surface area (Å²) in [6, 6.07) is 10.7. The summed E-state index contributed by atoms with van der Waals surface area (Å²) >= 11 is 0. The predicted molar refractivity (Wildman–Crippen MR) is 77.2 cm³/mol. The van der Waals surface area contributed by atoms with Gasteiger partial charge in [-0.25, -0.2) is 9.65 Å². The first-order chi connectivity index (χ1) is 9.65. The minimum absolute atomic E-state index is 0.0452. The molecule has 0 bridgehead atoms. The topological polar surface area (TPSA) is 83.7 Å². The summed E-state index contributed by atoms with van der Waals surface area (Å²) in [5.41, 5.74) is 0.636. The van der Waals surface area contributed by atoms with Gasteiger partial charge < -0.3 is 4.62 Å². The van der Waals surface area contributed by atoms with Gasteiger partial charge in [-0.2, -0.15) is 5.26 Å². The molecule has 108 valence electrons. The quantitative estimate of drug-likeness (QED) is 0.452. The van der Waals surface area contributed by atoms with Crippen molar-refractivity contribution in [3.8, 4) is 6.07 Å². The Bertz CT molecular complexity index is 525. The minimum Gasteiger partial charge on any atom is -0.300 e. The van der Waals surface area contributed by atoms with Gasteiger partial charge in [-0.3, -0.25) is 4.52 Å². The van der Waals surface area contributed by atoms with Crippen LogP contribution >= 0.6 is 7.75 Å². The van der Waals surface area contributed by atoms with Gasteiger partial charge in [-0.1, -0.05) is 42.4 Å². The number of rotatable bonds is 8. The SMILES string of the molecule is CCCNP(=O)(OCC)O/N=C(/C#N)c1ccccc1. The summed E-state index contributed by atoms with van der Waals surface area (Å²) in [7, 11) is -3.51. The standard InChI is InChI=1S/C13H18N3O3P/c1-3-10-15-20(17,18-4-2)19-16-13(11-14)12-8-6-5-7-9-12/h5-9H,3-4,10H2,1-2H3,(H,15,17)/b16-13-. The zero-order valence-corrected chi connectivity index (χ0v) is 12.5. The van der Waals surface area contributed by atoms with Crippen molar-refractivity contribution in [1.29, 1.82) is 5.26 Å². The van der Waals surface area contributed by atoms with Crippen molar-refractivity contribution < 1.29 is 13.7 Å². The average Bonchev–Trinajstić information content (AvgIpc) is 2.47. The van der Waals surface area contributed by atoms with Gasteiger partial charge in [-0.15, -0.1) is 0 Å². The van der Waals surface area contributed by atoms with Crippen molar-refractivity contribution in [3.63, 3.8) is 0 Å². The predicted octanol–water partition coefficient (Wildman–Crippen LogP) is 3.08. The number of hydrogen-bond donors (Lipinski definition) is 1. The van der Waals surface area contributed by atoms with Crippen LogP contribution in [0.5, 0.6) is 0 Å². The van der Waals surface area contributed by atoms with Crippen molar-refractivity contribution >= 4 is 13.5 Å². The molecule has 0 spiro atoms. The van der Waals surface area contributed by atoms with Crippen LogP contribution in [0.4, 0.5) is 0 Å². The van der Waals surface area contributed by atoms with Gasteiger partial charge in [0.15, 0.2) is 5.71 Å². The zero-order chi connectivity index (χ0) is 14.8. The van der Waals surface area contributed by atoms with Crippen molar-refractivity contribution in [2.45, 2.75) is 20.3 Å². The van der Waals surface area contributed by atoms with Crippen molar-refractivity contribution in [1.82, 2.24) is 5.09 Å². The molecule has 0 aromatic heterocycles. The molecule has 1 unspecified atom stereocenters. The first kappa shape index (κ1) is 16.4. The molecular formula is C13H18N3O3P. The molecule has 6 nitrogen and oxygen atoms in total. The van der Waals surface area contributed by atoms with E-state index in [0.29, 0.717) is 12.1 Å². The monoisotopic (exact) mass is 295 g/mol. The fourth-order valence-corrected chi connectivity index (χ4v) is 2.57. The second-order valence-electron chi connectivity index (χ2n) is 3.82. The zero-order valence-electron chi connectivity index (χ0n) is 11.6. The molecule has 0 aliphatic heterocycles. The second kappa shape index (κ2) is 8.49. The van der Waals surface area contributed by atoms with E-state index in [9.17, 15) is 4.57 Å². The third-order valence-corrected chi connectivity index (χ3v) is 3.75. The van der Waals surface area contributed by atoms with Crippen LogP contribution in [-0.4, -0.2) is 18.9 Å². The number of nitrogens with zero attached hydrogens (tertiary/aromatic N) is 2. The molecule has 20 heavy (non-hydrogen) atoms. The molecule has 0 fully saturated rings. The van der Waals surface area contributed by atoms with E-state index in [2.05, 4.69) is 10.2 Å². The number of nitrogens with one attached hydrogen (secondary N) is 1. The third kappa shape index (κ3) is 5.14. The maximum atomic E-state index is 12.3. The third-order valence-electron chi connectivity index (χ3n) is 2.25. The maximum absolute atomic E-state index is 12.3. The Balaban J connectivity index is 2.85. The van der Waals surface area contributed by atoms with Crippen LogP contribution in [0.1, 0.15) is 25.8 Å². The Morgan fingerprint density at radius 1 is 1.40 bits per heavy atom. The van der Waals surface area contributed by atoms with Gasteiger partial charge in [-0.05, 0) is 13.3 Å². The van der Waals surface area contributed by atoms with Gasteiger partial charge in [0, 0.05) is 12.1 Å². The Labute approximate surface area is 119 Å². The number of benzene rings is 1. The highest BCUT2D eigenvalue weighted by molar-refractivity contribution is 7.51. The highest BCUT2D eigenvalue weighted by Crippen LogP contribution is 2.43. The lowest BCUT2D eigenvalue weighted by Crippen LogP contribution is -2.15. The van der Waals surface area contributed by atoms with E-state index in [1.54, 1.807) is 31.2 Å². The van der Waals surface area contributed by atoms with Crippen molar-refractivity contribution in [2.24, 2.45) is 5.16 Å². The molecule has 0 aliphatic rings. The summed E-state index contributed by atoms with van der Waals surface area (Å²) in [6.45, 7) is 4.32. The van der Waals surface area contributed by atoms with Crippen LogP contribution in [0.25, 0.3) is 0 Å². The highest BCUT2D eigenvalue weighted by Gasteiger charge is 2.25. The number of nitriles is 1. The molecule has 1 rings (SSSR count). The van der Waals surface area contributed by atoms with E-state index in [1.807, 2.05) is 19.1 Å². The first-order valence-electron chi connectivity index (χ1n) is 6.37. The van der Waals surface area contributed by atoms with E-state index in [1.165, 1.54) is 0 Å². The number of oxime groups is 1. The van der Waals surface area contributed by atoms with Crippen LogP contribution in [0, 0.1) is 11.3 Å². The minimum atomic E-state index is -3.51. The van der Waals surface area contributed by atoms with Crippen molar-refractivity contribution in [3.05, 3.63) is 35.9 Å². The van der Waals surface area contributed by atoms with Crippen LogP contribution in [0.15, 0.2) is 35.5 Å². The smallest absolute Gasteiger partial charge is 0.300 e. The average molecular weight is 295 g/mol. The second-order valence-corrected chi connectivity index (χ2v) is 5.56. The molecule has 1 aromatic rings. The summed E-state index contributed by atoms with van der Waals surface area (Å²) < 4.78 is 22.3. The number of hydrogen-bond acceptors (Lipinski definition) is 5. The molecule has 0 aliphatic carbocycles. The van der Waals surface area contributed by atoms with E-state index < -0.39 is 7.75 Å². The van der Waals surface area contributed by atoms with Gasteiger partial charge >= 0.3 is 7.75 Å². The molecule has 1 aromatic carbocycles. The Kier molecular flexibility index (Phi) is 6.96. The lowest BCUT2D eigenvalue weighted by atomic mass is 10.1. The van der Waals surface area contributed by atoms with Crippen LogP contribution in [0.2, 0.25) is 0 Å². The molecule has 1 N–H and O–H groups in total. The van der Waals surface area contributed by atoms with Crippen LogP contribution < -0.4 is 5.09 Å². The van der Waals surface area contributed by atoms with E-state index in [4.69, 9.17) is 14.4 Å². The molecule has 1 atom stereocenters. The summed E-state index contributed by atoms with van der Waals surface area (Å²) in [5, 5.41) is 15.4. The Morgan fingerprint density at radius 2 is 2.10 bits per heavy atom. The molecule has 7 heteroatoms. The van der Waals surface area contributed by atoms with Gasteiger partial charge in [0.1, 0.15) is 6.07 Å². The lowest BCUT2D eigenvalue weighted by Gasteiger charge is -2.15. The van der Waals surface area contributed by atoms with Gasteiger partial charge in [0.25, 0.3) is 0 Å². The van der Waals surface area contributed by atoms with Gasteiger partial charge in [0.2, 0.25) is 0 Å². The highest BCUT2D eigenvalue weighted by atomic mass is 31.2. The summed E-state index contributed by atoms with van der Waals surface area (Å²) in [5.74, 6) is 0. The van der Waals surface area contributed by atoms with E-state index in [0.717, 1.165) is 6.42 Å². The van der Waals surface area contributed by atoms with Crippen LogP contribution in [-0.2, 0) is 13.7 Å². The Morgan fingerprint density at radius 3 is 2.65 bits per heavy atom. The summed E-state index contributed by atoms with van der Waals surface area (Å²) in [4.78, 5) is 0. The van der Waals surface area contributed by atoms with Crippen molar-refractivity contribution in [2.75, 3.05) is 13.2 Å². The van der Waals surface area contributed by atoms with Gasteiger partial charge in [0.05, 0.1) is 6.61 Å². The van der Waals surface area contributed by atoms with E-state index >= 15 is 0 Å². The molecule has 0 radical (unpaired) electrons. The normalized spacial score (nSPS) is 14.3. The summed E-state index contributed by atoms with van der Waals surface area (Å²) in [6.07, 6.45) is 0.772. The molecular weight excluding hydrogens is 277 g/mol. The van der Waals surface area contributed by atoms with Crippen LogP contribution in [0.3, 0.4) is 0 Å². The molecule has 0 amide bonds. The Hall–Kier alpha value is -1.67. The fourth-order valence-electron chi connectivity index (χ4n) is 1.35. The fraction of sp³-hybridized carbons (Fsp3) is 0.385. The molecule has 0 heterocycles. The molecule has 0 saturated heterocycles. The first-order valence-corrected chi connectivity index (χ1v) is 7.91. The maximum Gasteiger partial charge on any atom is 0.478 e. The molecule has 0 saturated carbocycles.